The Balaban J connectivity index is 1.55. The van der Waals surface area contributed by atoms with Crippen LogP contribution in [0.2, 0.25) is 0 Å². The summed E-state index contributed by atoms with van der Waals surface area (Å²) in [7, 11) is 0. The highest BCUT2D eigenvalue weighted by atomic mass is 16.7. The molecule has 1 aromatic carbocycles. The van der Waals surface area contributed by atoms with Crippen molar-refractivity contribution in [3.8, 4) is 12.3 Å². The number of benzene rings is 1. The third-order valence-electron chi connectivity index (χ3n) is 4.28. The van der Waals surface area contributed by atoms with Crippen molar-refractivity contribution in [3.63, 3.8) is 0 Å². The van der Waals surface area contributed by atoms with Crippen LogP contribution in [-0.4, -0.2) is 57.9 Å². The number of esters is 2. The number of terminal acetylenes is 1. The number of azide groups is 1. The van der Waals surface area contributed by atoms with Gasteiger partial charge in [0.15, 0.2) is 0 Å². The summed E-state index contributed by atoms with van der Waals surface area (Å²) < 4.78 is 26.3. The average Bonchev–Trinajstić information content (AvgIpc) is 3.01. The van der Waals surface area contributed by atoms with Gasteiger partial charge in [0.25, 0.3) is 0 Å². The lowest BCUT2D eigenvalue weighted by molar-refractivity contribution is -0.162. The molecule has 0 aromatic heterocycles. The standard InChI is InChI=1S/C21H23N3O7/c1-4-16-11-17(13-18(12-16)23-24-22)20(26)29-9-7-27-5-6-28-8-10-30-21-15(3)14(2)19(25)31-21/h1,11-13,21H,5-10H2,2-3H3. The third-order valence-corrected chi connectivity index (χ3v) is 4.28. The third kappa shape index (κ3) is 7.44. The Morgan fingerprint density at radius 2 is 1.84 bits per heavy atom. The van der Waals surface area contributed by atoms with E-state index < -0.39 is 12.3 Å². The molecule has 0 saturated carbocycles. The number of nitrogens with zero attached hydrogens (tertiary/aromatic N) is 3. The number of hydrogen-bond donors (Lipinski definition) is 0. The van der Waals surface area contributed by atoms with E-state index in [9.17, 15) is 9.59 Å². The minimum Gasteiger partial charge on any atom is -0.460 e. The van der Waals surface area contributed by atoms with E-state index in [1.54, 1.807) is 13.8 Å². The summed E-state index contributed by atoms with van der Waals surface area (Å²) in [6, 6.07) is 4.36. The number of hydrogen-bond acceptors (Lipinski definition) is 8. The lowest BCUT2D eigenvalue weighted by Crippen LogP contribution is -2.19. The normalized spacial score (nSPS) is 15.3. The first-order chi connectivity index (χ1) is 15.0. The summed E-state index contributed by atoms with van der Waals surface area (Å²) in [6.07, 6.45) is 4.69. The van der Waals surface area contributed by atoms with Crippen LogP contribution >= 0.6 is 0 Å². The average molecular weight is 429 g/mol. The van der Waals surface area contributed by atoms with Gasteiger partial charge in [0, 0.05) is 27.3 Å². The number of carbonyl (C=O) groups excluding carboxylic acids is 2. The molecule has 2 rings (SSSR count). The Hall–Kier alpha value is -3.35. The van der Waals surface area contributed by atoms with Gasteiger partial charge in [-0.3, -0.25) is 0 Å². The molecule has 0 radical (unpaired) electrons. The quantitative estimate of drug-likeness (QED) is 0.125. The Kier molecular flexibility index (Phi) is 9.55. The summed E-state index contributed by atoms with van der Waals surface area (Å²) >= 11 is 0. The fraction of sp³-hybridized carbons (Fsp3) is 0.429. The molecule has 0 fully saturated rings. The number of cyclic esters (lactones) is 1. The largest absolute Gasteiger partial charge is 0.460 e. The number of carbonyl (C=O) groups is 2. The van der Waals surface area contributed by atoms with Gasteiger partial charge in [-0.25, -0.2) is 9.59 Å². The molecule has 0 spiro atoms. The first-order valence-corrected chi connectivity index (χ1v) is 9.45. The molecule has 0 N–H and O–H groups in total. The summed E-state index contributed by atoms with van der Waals surface area (Å²) in [4.78, 5) is 26.2. The Labute approximate surface area is 179 Å². The van der Waals surface area contributed by atoms with Gasteiger partial charge in [-0.2, -0.15) is 0 Å². The van der Waals surface area contributed by atoms with Gasteiger partial charge in [-0.1, -0.05) is 11.0 Å². The van der Waals surface area contributed by atoms with Crippen LogP contribution in [0.25, 0.3) is 10.4 Å². The minimum atomic E-state index is -0.647. The zero-order valence-electron chi connectivity index (χ0n) is 17.3. The Bertz CT molecular complexity index is 929. The van der Waals surface area contributed by atoms with Crippen LogP contribution < -0.4 is 0 Å². The first kappa shape index (κ1) is 23.9. The second-order valence-electron chi connectivity index (χ2n) is 6.38. The van der Waals surface area contributed by atoms with E-state index in [2.05, 4.69) is 15.9 Å². The van der Waals surface area contributed by atoms with Gasteiger partial charge < -0.3 is 23.7 Å². The summed E-state index contributed by atoms with van der Waals surface area (Å²) in [5, 5.41) is 3.45. The predicted molar refractivity (Wildman–Crippen MR) is 109 cm³/mol. The summed E-state index contributed by atoms with van der Waals surface area (Å²) in [5.74, 6) is 1.42. The Morgan fingerprint density at radius 1 is 1.16 bits per heavy atom. The van der Waals surface area contributed by atoms with Crippen molar-refractivity contribution in [2.24, 2.45) is 5.11 Å². The molecule has 1 heterocycles. The highest BCUT2D eigenvalue weighted by Gasteiger charge is 2.28. The lowest BCUT2D eigenvalue weighted by Gasteiger charge is -2.13. The van der Waals surface area contributed by atoms with Gasteiger partial charge in [0.1, 0.15) is 6.61 Å². The maximum absolute atomic E-state index is 12.1. The molecule has 31 heavy (non-hydrogen) atoms. The van der Waals surface area contributed by atoms with Gasteiger partial charge in [-0.05, 0) is 37.6 Å². The lowest BCUT2D eigenvalue weighted by atomic mass is 10.1. The van der Waals surface area contributed by atoms with Gasteiger partial charge >= 0.3 is 11.9 Å². The molecule has 1 atom stereocenters. The smallest absolute Gasteiger partial charge is 0.338 e. The predicted octanol–water partition coefficient (Wildman–Crippen LogP) is 3.04. The van der Waals surface area contributed by atoms with Crippen molar-refractivity contribution in [3.05, 3.63) is 50.9 Å². The molecule has 10 heteroatoms. The van der Waals surface area contributed by atoms with Crippen molar-refractivity contribution < 1.29 is 33.3 Å². The van der Waals surface area contributed by atoms with Crippen molar-refractivity contribution in [1.82, 2.24) is 0 Å². The molecule has 164 valence electrons. The van der Waals surface area contributed by atoms with E-state index in [0.717, 1.165) is 5.57 Å². The number of ether oxygens (including phenoxy) is 5. The highest BCUT2D eigenvalue weighted by molar-refractivity contribution is 5.91. The zero-order chi connectivity index (χ0) is 22.6. The first-order valence-electron chi connectivity index (χ1n) is 9.45. The van der Waals surface area contributed by atoms with Crippen LogP contribution in [0.3, 0.4) is 0 Å². The molecule has 0 aliphatic carbocycles. The van der Waals surface area contributed by atoms with E-state index >= 15 is 0 Å². The van der Waals surface area contributed by atoms with Gasteiger partial charge in [0.2, 0.25) is 6.29 Å². The molecular formula is C21H23N3O7. The van der Waals surface area contributed by atoms with E-state index in [4.69, 9.17) is 35.6 Å². The second-order valence-corrected chi connectivity index (χ2v) is 6.38. The van der Waals surface area contributed by atoms with E-state index in [-0.39, 0.29) is 37.0 Å². The zero-order valence-corrected chi connectivity index (χ0v) is 17.3. The van der Waals surface area contributed by atoms with E-state index in [0.29, 0.717) is 31.0 Å². The van der Waals surface area contributed by atoms with Crippen LogP contribution in [-0.2, 0) is 28.5 Å². The van der Waals surface area contributed by atoms with Crippen LogP contribution in [0.5, 0.6) is 0 Å². The van der Waals surface area contributed by atoms with Gasteiger partial charge in [0.05, 0.1) is 38.6 Å². The Morgan fingerprint density at radius 3 is 2.45 bits per heavy atom. The molecule has 1 aliphatic rings. The SMILES string of the molecule is C#Cc1cc(N=[N+]=[N-])cc(C(=O)OCCOCCOCCOC2OC(=O)C(C)=C2C)c1. The minimum absolute atomic E-state index is 0.0388. The van der Waals surface area contributed by atoms with Crippen molar-refractivity contribution in [2.45, 2.75) is 20.1 Å². The van der Waals surface area contributed by atoms with E-state index in [1.165, 1.54) is 18.2 Å². The molecule has 1 aliphatic heterocycles. The molecule has 0 saturated heterocycles. The molecule has 10 nitrogen and oxygen atoms in total. The van der Waals surface area contributed by atoms with Crippen LogP contribution in [0.1, 0.15) is 29.8 Å². The molecule has 0 amide bonds. The second kappa shape index (κ2) is 12.4. The molecular weight excluding hydrogens is 406 g/mol. The topological polar surface area (TPSA) is 129 Å². The fourth-order valence-corrected chi connectivity index (χ4v) is 2.51. The van der Waals surface area contributed by atoms with Crippen molar-refractivity contribution in [1.29, 1.82) is 0 Å². The summed E-state index contributed by atoms with van der Waals surface area (Å²) in [6.45, 7) is 4.93. The molecule has 1 aromatic rings. The van der Waals surface area contributed by atoms with Crippen molar-refractivity contribution >= 4 is 17.6 Å². The van der Waals surface area contributed by atoms with Crippen LogP contribution in [0.15, 0.2) is 34.5 Å². The van der Waals surface area contributed by atoms with Crippen molar-refractivity contribution in [2.75, 3.05) is 39.6 Å². The summed E-state index contributed by atoms with van der Waals surface area (Å²) in [5.41, 5.74) is 10.7. The molecule has 1 unspecified atom stereocenters. The fourth-order valence-electron chi connectivity index (χ4n) is 2.51. The maximum Gasteiger partial charge on any atom is 0.338 e. The van der Waals surface area contributed by atoms with Gasteiger partial charge in [-0.15, -0.1) is 6.42 Å². The monoisotopic (exact) mass is 429 g/mol. The maximum atomic E-state index is 12.1. The number of rotatable bonds is 12. The molecule has 0 bridgehead atoms. The van der Waals surface area contributed by atoms with Crippen LogP contribution in [0.4, 0.5) is 5.69 Å². The van der Waals surface area contributed by atoms with Crippen LogP contribution in [0, 0.1) is 12.3 Å². The highest BCUT2D eigenvalue weighted by Crippen LogP contribution is 2.22. The van der Waals surface area contributed by atoms with E-state index in [1.807, 2.05) is 0 Å².